The number of fused-ring (bicyclic) bond motifs is 1. The molecule has 0 aliphatic rings. The van der Waals surface area contributed by atoms with E-state index in [0.29, 0.717) is 0 Å². The third kappa shape index (κ3) is 3.44. The van der Waals surface area contributed by atoms with Gasteiger partial charge in [-0.25, -0.2) is 8.78 Å². The number of nitrogens with zero attached hydrogens (tertiary/aromatic N) is 1. The molecule has 0 atom stereocenters. The number of aromatic nitrogens is 1. The van der Waals surface area contributed by atoms with E-state index in [-0.39, 0.29) is 5.75 Å². The van der Waals surface area contributed by atoms with Gasteiger partial charge in [0, 0.05) is 29.8 Å². The van der Waals surface area contributed by atoms with Crippen LogP contribution in [0.2, 0.25) is 0 Å². The van der Waals surface area contributed by atoms with Crippen LogP contribution in [0.1, 0.15) is 0 Å². The first kappa shape index (κ1) is 14.6. The van der Waals surface area contributed by atoms with Gasteiger partial charge in [0.05, 0.1) is 11.2 Å². The molecule has 7 heteroatoms. The molecule has 1 aromatic heterocycles. The first-order valence-electron chi connectivity index (χ1n) is 6.28. The van der Waals surface area contributed by atoms with E-state index in [2.05, 4.69) is 9.71 Å². The molecule has 0 aliphatic carbocycles. The maximum absolute atomic E-state index is 13.0. The summed E-state index contributed by atoms with van der Waals surface area (Å²) < 4.78 is 33.7. The lowest BCUT2D eigenvalue weighted by Gasteiger charge is -2.07. The van der Waals surface area contributed by atoms with Gasteiger partial charge in [-0.15, -0.1) is 0 Å². The molecule has 1 heterocycles. The zero-order chi connectivity index (χ0) is 15.4. The van der Waals surface area contributed by atoms with Crippen molar-refractivity contribution in [1.82, 2.24) is 4.98 Å². The van der Waals surface area contributed by atoms with Gasteiger partial charge in [0.25, 0.3) is 0 Å². The summed E-state index contributed by atoms with van der Waals surface area (Å²) >= 11 is 0.771. The molecule has 0 radical (unpaired) electrons. The average molecular weight is 320 g/mol. The normalized spacial score (nSPS) is 10.6. The summed E-state index contributed by atoms with van der Waals surface area (Å²) in [7, 11) is 0. The van der Waals surface area contributed by atoms with E-state index in [9.17, 15) is 8.78 Å². The van der Waals surface area contributed by atoms with Crippen LogP contribution in [-0.2, 0) is 4.33 Å². The van der Waals surface area contributed by atoms with Crippen molar-refractivity contribution in [2.45, 2.75) is 0 Å². The fourth-order valence-corrected chi connectivity index (χ4v) is 2.28. The van der Waals surface area contributed by atoms with Crippen LogP contribution in [0, 0.1) is 11.6 Å². The van der Waals surface area contributed by atoms with Gasteiger partial charge in [-0.3, -0.25) is 4.98 Å². The smallest absolute Gasteiger partial charge is 0.172 e. The summed E-state index contributed by atoms with van der Waals surface area (Å²) in [6.45, 7) is 0. The standard InChI is InChI=1S/C15H10F2N2O2S/c16-11-7-12(17)9-13(8-11)20-21-22-19-14-5-1-3-10-4-2-6-18-15(10)14/h1-9,19H. The number of hydrogen-bond acceptors (Lipinski definition) is 5. The van der Waals surface area contributed by atoms with Crippen LogP contribution in [0.3, 0.4) is 0 Å². The largest absolute Gasteiger partial charge is 0.323 e. The Balaban J connectivity index is 1.61. The number of anilines is 1. The molecule has 0 bridgehead atoms. The van der Waals surface area contributed by atoms with Crippen LogP contribution in [0.4, 0.5) is 14.5 Å². The molecule has 1 N–H and O–H groups in total. The van der Waals surface area contributed by atoms with Crippen LogP contribution in [0.15, 0.2) is 54.7 Å². The van der Waals surface area contributed by atoms with Crippen molar-refractivity contribution in [3.05, 3.63) is 66.4 Å². The van der Waals surface area contributed by atoms with E-state index in [1.165, 1.54) is 0 Å². The third-order valence-corrected chi connectivity index (χ3v) is 3.22. The van der Waals surface area contributed by atoms with Gasteiger partial charge in [0.2, 0.25) is 0 Å². The lowest BCUT2D eigenvalue weighted by molar-refractivity contribution is -0.0776. The summed E-state index contributed by atoms with van der Waals surface area (Å²) in [6, 6.07) is 12.2. The summed E-state index contributed by atoms with van der Waals surface area (Å²) in [4.78, 5) is 9.07. The molecule has 3 rings (SSSR count). The van der Waals surface area contributed by atoms with Crippen LogP contribution in [0.5, 0.6) is 5.75 Å². The average Bonchev–Trinajstić information content (AvgIpc) is 2.51. The predicted molar refractivity (Wildman–Crippen MR) is 81.0 cm³/mol. The number of pyridine rings is 1. The molecular formula is C15H10F2N2O2S. The van der Waals surface area contributed by atoms with E-state index in [4.69, 9.17) is 9.22 Å². The predicted octanol–water partition coefficient (Wildman–Crippen LogP) is 4.50. The van der Waals surface area contributed by atoms with E-state index >= 15 is 0 Å². The second-order valence-electron chi connectivity index (χ2n) is 4.32. The number of nitrogens with one attached hydrogen (secondary N) is 1. The molecule has 112 valence electrons. The van der Waals surface area contributed by atoms with E-state index < -0.39 is 11.6 Å². The fourth-order valence-electron chi connectivity index (χ4n) is 1.88. The van der Waals surface area contributed by atoms with Gasteiger partial charge in [0.15, 0.2) is 18.0 Å². The Bertz CT molecular complexity index is 776. The van der Waals surface area contributed by atoms with Crippen molar-refractivity contribution in [2.24, 2.45) is 0 Å². The van der Waals surface area contributed by atoms with Crippen LogP contribution >= 0.6 is 12.2 Å². The Morgan fingerprint density at radius 2 is 1.77 bits per heavy atom. The second kappa shape index (κ2) is 6.59. The Labute approximate surface area is 129 Å². The third-order valence-electron chi connectivity index (χ3n) is 2.78. The highest BCUT2D eigenvalue weighted by molar-refractivity contribution is 7.95. The summed E-state index contributed by atoms with van der Waals surface area (Å²) in [5, 5.41) is 0.973. The van der Waals surface area contributed by atoms with Crippen LogP contribution in [0.25, 0.3) is 10.9 Å². The van der Waals surface area contributed by atoms with Gasteiger partial charge in [-0.1, -0.05) is 22.5 Å². The number of rotatable bonds is 5. The molecule has 0 saturated heterocycles. The number of hydrogen-bond donors (Lipinski definition) is 1. The van der Waals surface area contributed by atoms with Crippen LogP contribution in [-0.4, -0.2) is 4.98 Å². The van der Waals surface area contributed by atoms with Crippen molar-refractivity contribution in [3.63, 3.8) is 0 Å². The van der Waals surface area contributed by atoms with Crippen molar-refractivity contribution >= 4 is 28.8 Å². The molecule has 0 aliphatic heterocycles. The highest BCUT2D eigenvalue weighted by Gasteiger charge is 2.04. The summed E-state index contributed by atoms with van der Waals surface area (Å²) in [6.07, 6.45) is 1.69. The Kier molecular flexibility index (Phi) is 4.36. The Morgan fingerprint density at radius 1 is 1.00 bits per heavy atom. The second-order valence-corrected chi connectivity index (χ2v) is 4.83. The zero-order valence-corrected chi connectivity index (χ0v) is 11.9. The quantitative estimate of drug-likeness (QED) is 0.246. The molecule has 0 spiro atoms. The molecule has 3 aromatic rings. The van der Waals surface area contributed by atoms with Gasteiger partial charge < -0.3 is 9.61 Å². The molecular weight excluding hydrogens is 310 g/mol. The minimum absolute atomic E-state index is 0.0668. The van der Waals surface area contributed by atoms with E-state index in [1.807, 2.05) is 30.3 Å². The number of benzene rings is 2. The molecule has 0 unspecified atom stereocenters. The molecule has 0 saturated carbocycles. The minimum Gasteiger partial charge on any atom is -0.323 e. The first-order valence-corrected chi connectivity index (χ1v) is 7.02. The Morgan fingerprint density at radius 3 is 2.59 bits per heavy atom. The highest BCUT2D eigenvalue weighted by atomic mass is 32.2. The number of halogens is 2. The number of para-hydroxylation sites is 1. The van der Waals surface area contributed by atoms with Gasteiger partial charge >= 0.3 is 0 Å². The molecule has 0 fully saturated rings. The van der Waals surface area contributed by atoms with Gasteiger partial charge in [-0.05, 0) is 12.1 Å². The zero-order valence-electron chi connectivity index (χ0n) is 11.1. The maximum Gasteiger partial charge on any atom is 0.172 e. The lowest BCUT2D eigenvalue weighted by atomic mass is 10.2. The van der Waals surface area contributed by atoms with E-state index in [1.54, 1.807) is 6.20 Å². The topological polar surface area (TPSA) is 43.4 Å². The minimum atomic E-state index is -0.741. The Hall–Kier alpha value is -2.38. The van der Waals surface area contributed by atoms with E-state index in [0.717, 1.165) is 47.0 Å². The fraction of sp³-hybridized carbons (Fsp3) is 0. The molecule has 22 heavy (non-hydrogen) atoms. The molecule has 2 aromatic carbocycles. The first-order chi connectivity index (χ1) is 10.7. The van der Waals surface area contributed by atoms with Gasteiger partial charge in [0.1, 0.15) is 11.6 Å². The van der Waals surface area contributed by atoms with Gasteiger partial charge in [-0.2, -0.15) is 0 Å². The van der Waals surface area contributed by atoms with Crippen molar-refractivity contribution in [2.75, 3.05) is 4.72 Å². The highest BCUT2D eigenvalue weighted by Crippen LogP contribution is 2.24. The molecule has 4 nitrogen and oxygen atoms in total. The van der Waals surface area contributed by atoms with Crippen molar-refractivity contribution < 1.29 is 18.0 Å². The van der Waals surface area contributed by atoms with Crippen molar-refractivity contribution in [1.29, 1.82) is 0 Å². The molecule has 0 amide bonds. The lowest BCUT2D eigenvalue weighted by Crippen LogP contribution is -1.96. The maximum atomic E-state index is 13.0. The SMILES string of the molecule is Fc1cc(F)cc(OOSNc2cccc3cccnc23)c1. The van der Waals surface area contributed by atoms with Crippen molar-refractivity contribution in [3.8, 4) is 5.75 Å². The monoisotopic (exact) mass is 320 g/mol. The van der Waals surface area contributed by atoms with Crippen LogP contribution < -0.4 is 9.61 Å². The summed E-state index contributed by atoms with van der Waals surface area (Å²) in [5.41, 5.74) is 1.51. The summed E-state index contributed by atoms with van der Waals surface area (Å²) in [5.74, 6) is -1.55.